The normalized spacial score (nSPS) is 10.9. The minimum Gasteiger partial charge on any atom is -0.334 e. The molecule has 0 saturated heterocycles. The average Bonchev–Trinajstić information content (AvgIpc) is 3.25. The van der Waals surface area contributed by atoms with Gasteiger partial charge in [0.25, 0.3) is 11.8 Å². The smallest absolute Gasteiger partial charge is 0.260 e. The largest absolute Gasteiger partial charge is 0.334 e. The van der Waals surface area contributed by atoms with Crippen molar-refractivity contribution in [2.75, 3.05) is 5.32 Å². The zero-order chi connectivity index (χ0) is 20.2. The number of para-hydroxylation sites is 1. The molecule has 0 bridgehead atoms. The topological polar surface area (TPSA) is 68.0 Å². The maximum atomic E-state index is 12.7. The molecule has 0 fully saturated rings. The van der Waals surface area contributed by atoms with Gasteiger partial charge in [0.15, 0.2) is 0 Å². The van der Waals surface area contributed by atoms with Crippen LogP contribution in [0, 0.1) is 0 Å². The molecule has 5 heteroatoms. The average molecular weight is 383 g/mol. The fourth-order valence-electron chi connectivity index (χ4n) is 3.03. The van der Waals surface area contributed by atoms with E-state index in [-0.39, 0.29) is 5.91 Å². The number of carbonyl (C=O) groups is 1. The summed E-state index contributed by atoms with van der Waals surface area (Å²) in [6, 6.07) is 24.7. The third-order valence-corrected chi connectivity index (χ3v) is 4.70. The summed E-state index contributed by atoms with van der Waals surface area (Å²) in [7, 11) is 0. The number of aromatic nitrogens is 2. The van der Waals surface area contributed by atoms with Gasteiger partial charge in [-0.1, -0.05) is 73.6 Å². The van der Waals surface area contributed by atoms with Gasteiger partial charge in [-0.05, 0) is 35.7 Å². The molecule has 0 aliphatic heterocycles. The Morgan fingerprint density at radius 2 is 1.59 bits per heavy atom. The van der Waals surface area contributed by atoms with Crippen molar-refractivity contribution in [2.45, 2.75) is 19.8 Å². The van der Waals surface area contributed by atoms with Crippen molar-refractivity contribution < 1.29 is 9.32 Å². The summed E-state index contributed by atoms with van der Waals surface area (Å²) in [6.07, 6.45) is 0. The summed E-state index contributed by atoms with van der Waals surface area (Å²) < 4.78 is 5.46. The van der Waals surface area contributed by atoms with E-state index < -0.39 is 0 Å². The van der Waals surface area contributed by atoms with Crippen LogP contribution in [-0.4, -0.2) is 16.0 Å². The maximum absolute atomic E-state index is 12.7. The summed E-state index contributed by atoms with van der Waals surface area (Å²) in [5, 5.41) is 7.02. The Balaban J connectivity index is 1.59. The monoisotopic (exact) mass is 383 g/mol. The lowest BCUT2D eigenvalue weighted by atomic mass is 10.0. The van der Waals surface area contributed by atoms with Gasteiger partial charge in [-0.2, -0.15) is 4.98 Å². The third-order valence-electron chi connectivity index (χ3n) is 4.70. The molecule has 3 aromatic carbocycles. The Labute approximate surface area is 169 Å². The number of hydrogen-bond acceptors (Lipinski definition) is 4. The van der Waals surface area contributed by atoms with Gasteiger partial charge >= 0.3 is 0 Å². The Bertz CT molecular complexity index is 1120. The van der Waals surface area contributed by atoms with Crippen LogP contribution in [0.1, 0.15) is 35.7 Å². The predicted molar refractivity (Wildman–Crippen MR) is 114 cm³/mol. The lowest BCUT2D eigenvalue weighted by Crippen LogP contribution is -2.12. The van der Waals surface area contributed by atoms with Gasteiger partial charge in [-0.15, -0.1) is 0 Å². The van der Waals surface area contributed by atoms with Crippen LogP contribution in [0.3, 0.4) is 0 Å². The number of hydrogen-bond donors (Lipinski definition) is 1. The number of benzene rings is 3. The fourth-order valence-corrected chi connectivity index (χ4v) is 3.03. The number of nitrogens with one attached hydrogen (secondary N) is 1. The van der Waals surface area contributed by atoms with Gasteiger partial charge in [0.1, 0.15) is 0 Å². The van der Waals surface area contributed by atoms with Crippen LogP contribution in [0.5, 0.6) is 0 Å². The van der Waals surface area contributed by atoms with E-state index >= 15 is 0 Å². The van der Waals surface area contributed by atoms with Gasteiger partial charge in [-0.3, -0.25) is 4.79 Å². The molecule has 0 unspecified atom stereocenters. The highest BCUT2D eigenvalue weighted by Gasteiger charge is 2.16. The second kappa shape index (κ2) is 8.10. The number of nitrogens with zero attached hydrogens (tertiary/aromatic N) is 2. The van der Waals surface area contributed by atoms with E-state index in [1.165, 1.54) is 5.56 Å². The van der Waals surface area contributed by atoms with Crippen molar-refractivity contribution in [2.24, 2.45) is 0 Å². The number of amides is 1. The Hall–Kier alpha value is -3.73. The second-order valence-corrected chi connectivity index (χ2v) is 7.07. The van der Waals surface area contributed by atoms with Gasteiger partial charge in [0.05, 0.1) is 11.3 Å². The van der Waals surface area contributed by atoms with Crippen molar-refractivity contribution in [3.63, 3.8) is 0 Å². The van der Waals surface area contributed by atoms with Crippen LogP contribution in [0.2, 0.25) is 0 Å². The first-order valence-electron chi connectivity index (χ1n) is 9.51. The lowest BCUT2D eigenvalue weighted by Gasteiger charge is -2.10. The highest BCUT2D eigenvalue weighted by atomic mass is 16.5. The Kier molecular flexibility index (Phi) is 5.20. The number of carbonyl (C=O) groups excluding carboxylic acids is 1. The molecule has 4 aromatic rings. The molecule has 1 aromatic heterocycles. The molecule has 4 rings (SSSR count). The molecular weight excluding hydrogens is 362 g/mol. The van der Waals surface area contributed by atoms with E-state index in [2.05, 4.69) is 29.3 Å². The molecule has 0 aliphatic carbocycles. The first kappa shape index (κ1) is 18.6. The van der Waals surface area contributed by atoms with Gasteiger partial charge in [0.2, 0.25) is 5.82 Å². The summed E-state index contributed by atoms with van der Waals surface area (Å²) in [6.45, 7) is 4.25. The molecule has 1 amide bonds. The van der Waals surface area contributed by atoms with Crippen LogP contribution in [-0.2, 0) is 0 Å². The molecule has 0 atom stereocenters. The summed E-state index contributed by atoms with van der Waals surface area (Å²) in [5.41, 5.74) is 3.96. The maximum Gasteiger partial charge on any atom is 0.260 e. The fraction of sp³-hybridized carbons (Fsp3) is 0.125. The van der Waals surface area contributed by atoms with E-state index in [1.54, 1.807) is 0 Å². The van der Waals surface area contributed by atoms with E-state index in [0.717, 1.165) is 5.56 Å². The highest BCUT2D eigenvalue weighted by Crippen LogP contribution is 2.29. The van der Waals surface area contributed by atoms with Crippen molar-refractivity contribution in [1.29, 1.82) is 0 Å². The van der Waals surface area contributed by atoms with Crippen molar-refractivity contribution in [1.82, 2.24) is 10.1 Å². The molecule has 0 aliphatic rings. The molecule has 29 heavy (non-hydrogen) atoms. The van der Waals surface area contributed by atoms with E-state index in [9.17, 15) is 4.79 Å². The van der Waals surface area contributed by atoms with Crippen molar-refractivity contribution >= 4 is 11.6 Å². The van der Waals surface area contributed by atoms with Crippen molar-refractivity contribution in [3.8, 4) is 22.8 Å². The second-order valence-electron chi connectivity index (χ2n) is 7.07. The van der Waals surface area contributed by atoms with E-state index in [1.807, 2.05) is 78.9 Å². The SMILES string of the molecule is CC(C)c1ccc(C(=O)Nc2ccccc2-c2nc(-c3ccccc3)no2)cc1. The molecular formula is C24H21N3O2. The standard InChI is InChI=1S/C24H21N3O2/c1-16(2)17-12-14-19(15-13-17)23(28)25-21-11-7-6-10-20(21)24-26-22(27-29-24)18-8-4-3-5-9-18/h3-16H,1-2H3,(H,25,28). The summed E-state index contributed by atoms with van der Waals surface area (Å²) in [4.78, 5) is 17.2. The van der Waals surface area contributed by atoms with Gasteiger partial charge < -0.3 is 9.84 Å². The summed E-state index contributed by atoms with van der Waals surface area (Å²) >= 11 is 0. The predicted octanol–water partition coefficient (Wildman–Crippen LogP) is 5.78. The Morgan fingerprint density at radius 1 is 0.897 bits per heavy atom. The van der Waals surface area contributed by atoms with Crippen LogP contribution in [0.4, 0.5) is 5.69 Å². The molecule has 1 heterocycles. The van der Waals surface area contributed by atoms with Crippen LogP contribution in [0.15, 0.2) is 83.4 Å². The van der Waals surface area contributed by atoms with Crippen LogP contribution >= 0.6 is 0 Å². The molecule has 144 valence electrons. The van der Waals surface area contributed by atoms with E-state index in [0.29, 0.717) is 34.4 Å². The molecule has 0 spiro atoms. The molecule has 5 nitrogen and oxygen atoms in total. The first-order valence-corrected chi connectivity index (χ1v) is 9.51. The van der Waals surface area contributed by atoms with Gasteiger partial charge in [0, 0.05) is 11.1 Å². The molecule has 0 radical (unpaired) electrons. The van der Waals surface area contributed by atoms with E-state index in [4.69, 9.17) is 4.52 Å². The zero-order valence-electron chi connectivity index (χ0n) is 16.3. The first-order chi connectivity index (χ1) is 14.1. The minimum absolute atomic E-state index is 0.185. The quantitative estimate of drug-likeness (QED) is 0.474. The third kappa shape index (κ3) is 4.09. The van der Waals surface area contributed by atoms with Crippen molar-refractivity contribution in [3.05, 3.63) is 90.0 Å². The molecule has 0 saturated carbocycles. The lowest BCUT2D eigenvalue weighted by molar-refractivity contribution is 0.102. The Morgan fingerprint density at radius 3 is 2.31 bits per heavy atom. The minimum atomic E-state index is -0.185. The van der Waals surface area contributed by atoms with Crippen LogP contribution < -0.4 is 5.32 Å². The zero-order valence-corrected chi connectivity index (χ0v) is 16.3. The van der Waals surface area contributed by atoms with Crippen LogP contribution in [0.25, 0.3) is 22.8 Å². The number of rotatable bonds is 5. The molecule has 1 N–H and O–H groups in total. The number of anilines is 1. The summed E-state index contributed by atoms with van der Waals surface area (Å²) in [5.74, 6) is 1.10. The highest BCUT2D eigenvalue weighted by molar-refractivity contribution is 6.06. The van der Waals surface area contributed by atoms with Gasteiger partial charge in [-0.25, -0.2) is 0 Å².